The van der Waals surface area contributed by atoms with Crippen molar-refractivity contribution in [1.82, 2.24) is 4.98 Å². The van der Waals surface area contributed by atoms with Crippen molar-refractivity contribution in [3.63, 3.8) is 0 Å². The van der Waals surface area contributed by atoms with Crippen LogP contribution < -0.4 is 0 Å². The van der Waals surface area contributed by atoms with Gasteiger partial charge in [0.25, 0.3) is 0 Å². The highest BCUT2D eigenvalue weighted by Crippen LogP contribution is 2.22. The molecule has 0 aliphatic carbocycles. The minimum absolute atomic E-state index is 1.03. The predicted molar refractivity (Wildman–Crippen MR) is 59.0 cm³/mol. The Kier molecular flexibility index (Phi) is 2.30. The summed E-state index contributed by atoms with van der Waals surface area (Å²) in [5, 5.41) is 9.47. The molecule has 1 aromatic heterocycles. The van der Waals surface area contributed by atoms with E-state index in [0.717, 1.165) is 16.1 Å². The summed E-state index contributed by atoms with van der Waals surface area (Å²) in [6.45, 7) is 2.00. The van der Waals surface area contributed by atoms with Crippen molar-refractivity contribution in [2.24, 2.45) is 0 Å². The largest absolute Gasteiger partial charge is 0.242 e. The van der Waals surface area contributed by atoms with Crippen LogP contribution in [0.1, 0.15) is 10.6 Å². The summed E-state index contributed by atoms with van der Waals surface area (Å²) < 4.78 is 1.17. The van der Waals surface area contributed by atoms with Gasteiger partial charge in [0.1, 0.15) is 0 Å². The molecule has 0 aliphatic heterocycles. The van der Waals surface area contributed by atoms with Gasteiger partial charge in [-0.1, -0.05) is 6.07 Å². The molecule has 0 unspecified atom stereocenters. The van der Waals surface area contributed by atoms with Crippen LogP contribution in [-0.2, 0) is 0 Å². The van der Waals surface area contributed by atoms with Gasteiger partial charge < -0.3 is 0 Å². The van der Waals surface area contributed by atoms with Gasteiger partial charge in [-0.3, -0.25) is 0 Å². The number of nitrogens with zero attached hydrogens (tertiary/aromatic N) is 2. The van der Waals surface area contributed by atoms with Crippen LogP contribution in [0.4, 0.5) is 0 Å². The molecule has 2 rings (SSSR count). The number of fused-ring (bicyclic) bond motifs is 1. The van der Waals surface area contributed by atoms with Gasteiger partial charge in [0.2, 0.25) is 0 Å². The number of aryl methyl sites for hydroxylation is 1. The van der Waals surface area contributed by atoms with Gasteiger partial charge in [-0.25, -0.2) is 4.98 Å². The number of aromatic nitrogens is 1. The minimum Gasteiger partial charge on any atom is -0.242 e. The van der Waals surface area contributed by atoms with E-state index in [0.29, 0.717) is 0 Å². The average molecular weight is 200 g/mol. The molecule has 0 radical (unpaired) electrons. The first-order chi connectivity index (χ1) is 6.79. The fourth-order valence-electron chi connectivity index (χ4n) is 1.29. The van der Waals surface area contributed by atoms with E-state index in [9.17, 15) is 0 Å². The monoisotopic (exact) mass is 200 g/mol. The number of rotatable bonds is 1. The van der Waals surface area contributed by atoms with Gasteiger partial charge in [-0.05, 0) is 30.7 Å². The smallest absolute Gasteiger partial charge is 0.0912 e. The third-order valence-corrected chi connectivity index (χ3v) is 2.80. The van der Waals surface area contributed by atoms with E-state index in [-0.39, 0.29) is 0 Å². The maximum Gasteiger partial charge on any atom is 0.0912 e. The van der Waals surface area contributed by atoms with E-state index in [1.807, 2.05) is 31.2 Å². The fourth-order valence-corrected chi connectivity index (χ4v) is 2.17. The highest BCUT2D eigenvalue weighted by molar-refractivity contribution is 7.18. The Balaban J connectivity index is 2.51. The van der Waals surface area contributed by atoms with Gasteiger partial charge in [-0.15, -0.1) is 11.3 Å². The first kappa shape index (κ1) is 8.92. The number of hydrogen-bond acceptors (Lipinski definition) is 3. The minimum atomic E-state index is 1.03. The Hall–Kier alpha value is -1.66. The van der Waals surface area contributed by atoms with E-state index in [4.69, 9.17) is 5.26 Å². The predicted octanol–water partition coefficient (Wildman–Crippen LogP) is 3.14. The van der Waals surface area contributed by atoms with Crippen molar-refractivity contribution in [2.45, 2.75) is 6.92 Å². The molecular weight excluding hydrogens is 192 g/mol. The molecule has 0 saturated carbocycles. The Morgan fingerprint density at radius 2 is 2.36 bits per heavy atom. The number of thiazole rings is 1. The van der Waals surface area contributed by atoms with Crippen molar-refractivity contribution in [1.29, 1.82) is 5.26 Å². The van der Waals surface area contributed by atoms with Gasteiger partial charge in [0.05, 0.1) is 21.3 Å². The molecule has 1 aromatic carbocycles. The molecule has 0 amide bonds. The van der Waals surface area contributed by atoms with Gasteiger partial charge in [0, 0.05) is 6.08 Å². The van der Waals surface area contributed by atoms with E-state index >= 15 is 0 Å². The number of hydrogen-bond donors (Lipinski definition) is 0. The molecular formula is C11H8N2S. The summed E-state index contributed by atoms with van der Waals surface area (Å²) in [7, 11) is 0. The van der Waals surface area contributed by atoms with E-state index in [1.54, 1.807) is 17.4 Å². The molecule has 0 saturated heterocycles. The zero-order chi connectivity index (χ0) is 9.97. The van der Waals surface area contributed by atoms with Crippen molar-refractivity contribution in [2.75, 3.05) is 0 Å². The van der Waals surface area contributed by atoms with Gasteiger partial charge in [-0.2, -0.15) is 5.26 Å². The Morgan fingerprint density at radius 1 is 1.50 bits per heavy atom. The molecule has 0 bridgehead atoms. The lowest BCUT2D eigenvalue weighted by Crippen LogP contribution is -1.71. The molecule has 68 valence electrons. The second kappa shape index (κ2) is 3.60. The summed E-state index contributed by atoms with van der Waals surface area (Å²) in [5.41, 5.74) is 2.07. The maximum absolute atomic E-state index is 8.40. The molecule has 0 aliphatic rings. The summed E-state index contributed by atoms with van der Waals surface area (Å²) in [6.07, 6.45) is 3.28. The van der Waals surface area contributed by atoms with Crippen LogP contribution in [0.2, 0.25) is 0 Å². The number of allylic oxidation sites excluding steroid dienone is 1. The van der Waals surface area contributed by atoms with Gasteiger partial charge in [0.15, 0.2) is 0 Å². The molecule has 0 fully saturated rings. The molecule has 1 heterocycles. The van der Waals surface area contributed by atoms with Gasteiger partial charge >= 0.3 is 0 Å². The third kappa shape index (κ3) is 1.66. The van der Waals surface area contributed by atoms with Crippen molar-refractivity contribution in [3.8, 4) is 6.07 Å². The lowest BCUT2D eigenvalue weighted by atomic mass is 10.2. The maximum atomic E-state index is 8.40. The quantitative estimate of drug-likeness (QED) is 0.663. The second-order valence-corrected chi connectivity index (χ2v) is 4.16. The fraction of sp³-hybridized carbons (Fsp3) is 0.0909. The lowest BCUT2D eigenvalue weighted by Gasteiger charge is -1.90. The number of nitriles is 1. The third-order valence-electron chi connectivity index (χ3n) is 1.87. The summed E-state index contributed by atoms with van der Waals surface area (Å²) in [4.78, 5) is 4.36. The molecule has 0 atom stereocenters. The number of benzene rings is 1. The standard InChI is InChI=1S/C11H8N2S/c1-8-13-10-5-4-9(3-2-6-12)7-11(10)14-8/h2-5,7H,1H3/b3-2+. The van der Waals surface area contributed by atoms with Crippen LogP contribution >= 0.6 is 11.3 Å². The topological polar surface area (TPSA) is 36.7 Å². The highest BCUT2D eigenvalue weighted by Gasteiger charge is 1.99. The van der Waals surface area contributed by atoms with Crippen LogP contribution in [0.3, 0.4) is 0 Å². The van der Waals surface area contributed by atoms with Crippen molar-refractivity contribution >= 4 is 27.6 Å². The molecule has 2 aromatic rings. The zero-order valence-electron chi connectivity index (χ0n) is 7.69. The first-order valence-electron chi connectivity index (χ1n) is 4.23. The molecule has 0 spiro atoms. The van der Waals surface area contributed by atoms with E-state index in [1.165, 1.54) is 10.8 Å². The molecule has 0 N–H and O–H groups in total. The highest BCUT2D eigenvalue weighted by atomic mass is 32.1. The van der Waals surface area contributed by atoms with Crippen LogP contribution in [0.25, 0.3) is 16.3 Å². The molecule has 14 heavy (non-hydrogen) atoms. The van der Waals surface area contributed by atoms with Crippen molar-refractivity contribution < 1.29 is 0 Å². The summed E-state index contributed by atoms with van der Waals surface area (Å²) in [6, 6.07) is 7.98. The Morgan fingerprint density at radius 3 is 3.14 bits per heavy atom. The summed E-state index contributed by atoms with van der Waals surface area (Å²) >= 11 is 1.67. The molecule has 3 heteroatoms. The Labute approximate surface area is 86.1 Å². The zero-order valence-corrected chi connectivity index (χ0v) is 8.51. The van der Waals surface area contributed by atoms with Crippen LogP contribution in [0, 0.1) is 18.3 Å². The van der Waals surface area contributed by atoms with Crippen LogP contribution in [0.15, 0.2) is 24.3 Å². The SMILES string of the molecule is Cc1nc2ccc(/C=C/C#N)cc2s1. The Bertz CT molecular complexity index is 532. The average Bonchev–Trinajstić information content (AvgIpc) is 2.54. The van der Waals surface area contributed by atoms with E-state index in [2.05, 4.69) is 4.98 Å². The normalized spacial score (nSPS) is 10.9. The van der Waals surface area contributed by atoms with E-state index < -0.39 is 0 Å². The first-order valence-corrected chi connectivity index (χ1v) is 5.04. The molecule has 2 nitrogen and oxygen atoms in total. The van der Waals surface area contributed by atoms with Crippen LogP contribution in [-0.4, -0.2) is 4.98 Å². The van der Waals surface area contributed by atoms with Crippen LogP contribution in [0.5, 0.6) is 0 Å². The summed E-state index contributed by atoms with van der Waals surface area (Å²) in [5.74, 6) is 0. The lowest BCUT2D eigenvalue weighted by molar-refractivity contribution is 1.35. The second-order valence-electron chi connectivity index (χ2n) is 2.92. The van der Waals surface area contributed by atoms with Crippen molar-refractivity contribution in [3.05, 3.63) is 34.8 Å².